The maximum absolute atomic E-state index is 5.94. The molecule has 0 saturated heterocycles. The van der Waals surface area contributed by atoms with Gasteiger partial charge in [0.2, 0.25) is 0 Å². The second-order valence-corrected chi connectivity index (χ2v) is 4.08. The Balaban J connectivity index is 2.69. The Kier molecular flexibility index (Phi) is 4.92. The van der Waals surface area contributed by atoms with E-state index >= 15 is 0 Å². The van der Waals surface area contributed by atoms with Crippen LogP contribution < -0.4 is 10.1 Å². The lowest BCUT2D eigenvalue weighted by Crippen LogP contribution is -2.24. The minimum absolute atomic E-state index is 0.508. The van der Waals surface area contributed by atoms with Gasteiger partial charge in [0.15, 0.2) is 0 Å². The van der Waals surface area contributed by atoms with Crippen molar-refractivity contribution >= 4 is 11.6 Å². The van der Waals surface area contributed by atoms with Gasteiger partial charge in [0.1, 0.15) is 5.75 Å². The maximum atomic E-state index is 5.94. The highest BCUT2D eigenvalue weighted by Crippen LogP contribution is 2.22. The van der Waals surface area contributed by atoms with Crippen molar-refractivity contribution in [1.29, 1.82) is 0 Å². The zero-order chi connectivity index (χ0) is 11.3. The highest BCUT2D eigenvalue weighted by molar-refractivity contribution is 6.30. The predicted octanol–water partition coefficient (Wildman–Crippen LogP) is 3.24. The molecule has 1 rings (SSSR count). The van der Waals surface area contributed by atoms with Gasteiger partial charge in [0, 0.05) is 23.2 Å². The van der Waals surface area contributed by atoms with Gasteiger partial charge in [0.25, 0.3) is 0 Å². The second-order valence-electron chi connectivity index (χ2n) is 3.65. The average molecular weight is 228 g/mol. The largest absolute Gasteiger partial charge is 0.496 e. The smallest absolute Gasteiger partial charge is 0.123 e. The van der Waals surface area contributed by atoms with Crippen LogP contribution in [0.3, 0.4) is 0 Å². The molecule has 1 aromatic rings. The second kappa shape index (κ2) is 5.99. The first-order valence-corrected chi connectivity index (χ1v) is 5.61. The fourth-order valence-corrected chi connectivity index (χ4v) is 1.51. The zero-order valence-corrected chi connectivity index (χ0v) is 10.3. The highest BCUT2D eigenvalue weighted by Gasteiger charge is 2.05. The van der Waals surface area contributed by atoms with E-state index in [0.29, 0.717) is 6.04 Å². The van der Waals surface area contributed by atoms with Crippen LogP contribution in [0, 0.1) is 0 Å². The maximum Gasteiger partial charge on any atom is 0.123 e. The molecule has 3 heteroatoms. The van der Waals surface area contributed by atoms with Crippen molar-refractivity contribution in [2.45, 2.75) is 32.9 Å². The lowest BCUT2D eigenvalue weighted by Gasteiger charge is -2.13. The molecule has 0 aromatic heterocycles. The van der Waals surface area contributed by atoms with E-state index in [2.05, 4.69) is 19.2 Å². The fourth-order valence-electron chi connectivity index (χ4n) is 1.31. The van der Waals surface area contributed by atoms with Crippen LogP contribution in [0.1, 0.15) is 25.8 Å². The van der Waals surface area contributed by atoms with E-state index in [4.69, 9.17) is 16.3 Å². The number of methoxy groups -OCH3 is 1. The van der Waals surface area contributed by atoms with Crippen LogP contribution >= 0.6 is 11.6 Å². The molecule has 0 saturated carbocycles. The van der Waals surface area contributed by atoms with Crippen LogP contribution in [0.25, 0.3) is 0 Å². The summed E-state index contributed by atoms with van der Waals surface area (Å²) in [4.78, 5) is 0. The van der Waals surface area contributed by atoms with Crippen LogP contribution in [-0.4, -0.2) is 13.2 Å². The first-order valence-electron chi connectivity index (χ1n) is 5.23. The Morgan fingerprint density at radius 1 is 1.47 bits per heavy atom. The van der Waals surface area contributed by atoms with E-state index < -0.39 is 0 Å². The summed E-state index contributed by atoms with van der Waals surface area (Å²) < 4.78 is 5.27. The van der Waals surface area contributed by atoms with E-state index in [1.165, 1.54) is 0 Å². The first-order chi connectivity index (χ1) is 7.17. The summed E-state index contributed by atoms with van der Waals surface area (Å²) in [6, 6.07) is 6.19. The molecule has 1 atom stereocenters. The molecule has 0 radical (unpaired) electrons. The number of halogens is 1. The van der Waals surface area contributed by atoms with Gasteiger partial charge in [-0.2, -0.15) is 0 Å². The molecule has 0 heterocycles. The van der Waals surface area contributed by atoms with Crippen LogP contribution in [0.5, 0.6) is 5.75 Å². The third-order valence-corrected chi connectivity index (χ3v) is 2.73. The molecule has 0 spiro atoms. The Morgan fingerprint density at radius 3 is 2.80 bits per heavy atom. The van der Waals surface area contributed by atoms with Crippen molar-refractivity contribution in [2.75, 3.05) is 7.11 Å². The number of hydrogen-bond acceptors (Lipinski definition) is 2. The lowest BCUT2D eigenvalue weighted by atomic mass is 10.2. The Labute approximate surface area is 96.6 Å². The molecule has 2 nitrogen and oxygen atoms in total. The minimum Gasteiger partial charge on any atom is -0.496 e. The van der Waals surface area contributed by atoms with Gasteiger partial charge in [-0.05, 0) is 31.5 Å². The van der Waals surface area contributed by atoms with Crippen molar-refractivity contribution in [1.82, 2.24) is 5.32 Å². The fraction of sp³-hybridized carbons (Fsp3) is 0.500. The van der Waals surface area contributed by atoms with E-state index in [0.717, 1.165) is 29.3 Å². The standard InChI is InChI=1S/C12H18ClNO/c1-4-9(2)14-8-10-7-11(13)5-6-12(10)15-3/h5-7,9,14H,4,8H2,1-3H3/t9-/m1/s1. The molecule has 0 aliphatic carbocycles. The molecule has 0 aliphatic heterocycles. The zero-order valence-electron chi connectivity index (χ0n) is 9.51. The lowest BCUT2D eigenvalue weighted by molar-refractivity contribution is 0.405. The monoisotopic (exact) mass is 227 g/mol. The number of rotatable bonds is 5. The summed E-state index contributed by atoms with van der Waals surface area (Å²) in [5.41, 5.74) is 1.10. The molecule has 84 valence electrons. The third kappa shape index (κ3) is 3.73. The van der Waals surface area contributed by atoms with Crippen molar-refractivity contribution in [3.63, 3.8) is 0 Å². The molecule has 1 aromatic carbocycles. The van der Waals surface area contributed by atoms with E-state index in [1.807, 2.05) is 18.2 Å². The molecule has 1 N–H and O–H groups in total. The van der Waals surface area contributed by atoms with Gasteiger partial charge in [-0.3, -0.25) is 0 Å². The van der Waals surface area contributed by atoms with Crippen LogP contribution in [0.4, 0.5) is 0 Å². The number of nitrogens with one attached hydrogen (secondary N) is 1. The van der Waals surface area contributed by atoms with Gasteiger partial charge in [-0.25, -0.2) is 0 Å². The van der Waals surface area contributed by atoms with Gasteiger partial charge < -0.3 is 10.1 Å². The van der Waals surface area contributed by atoms with Crippen molar-refractivity contribution < 1.29 is 4.74 Å². The molecule has 0 fully saturated rings. The van der Waals surface area contributed by atoms with Gasteiger partial charge >= 0.3 is 0 Å². The summed E-state index contributed by atoms with van der Waals surface area (Å²) in [5.74, 6) is 0.884. The molecule has 0 unspecified atom stereocenters. The van der Waals surface area contributed by atoms with Gasteiger partial charge in [-0.15, -0.1) is 0 Å². The Bertz CT molecular complexity index is 314. The highest BCUT2D eigenvalue weighted by atomic mass is 35.5. The molecule has 0 bridgehead atoms. The Hall–Kier alpha value is -0.730. The van der Waals surface area contributed by atoms with Crippen LogP contribution in [-0.2, 0) is 6.54 Å². The summed E-state index contributed by atoms with van der Waals surface area (Å²) in [5, 5.41) is 4.16. The summed E-state index contributed by atoms with van der Waals surface area (Å²) >= 11 is 5.94. The van der Waals surface area contributed by atoms with Crippen LogP contribution in [0.2, 0.25) is 5.02 Å². The molecule has 15 heavy (non-hydrogen) atoms. The molecule has 0 amide bonds. The van der Waals surface area contributed by atoms with E-state index in [9.17, 15) is 0 Å². The summed E-state index contributed by atoms with van der Waals surface area (Å²) in [7, 11) is 1.68. The van der Waals surface area contributed by atoms with E-state index in [-0.39, 0.29) is 0 Å². The molecular weight excluding hydrogens is 210 g/mol. The SMILES string of the molecule is CC[C@@H](C)NCc1cc(Cl)ccc1OC. The van der Waals surface area contributed by atoms with E-state index in [1.54, 1.807) is 7.11 Å². The minimum atomic E-state index is 0.508. The normalized spacial score (nSPS) is 12.5. The topological polar surface area (TPSA) is 21.3 Å². The first kappa shape index (κ1) is 12.3. The van der Waals surface area contributed by atoms with Crippen molar-refractivity contribution in [3.8, 4) is 5.75 Å². The quantitative estimate of drug-likeness (QED) is 0.834. The Morgan fingerprint density at radius 2 is 2.20 bits per heavy atom. The predicted molar refractivity (Wildman–Crippen MR) is 64.6 cm³/mol. The summed E-state index contributed by atoms with van der Waals surface area (Å²) in [6.45, 7) is 5.11. The van der Waals surface area contributed by atoms with Gasteiger partial charge in [0.05, 0.1) is 7.11 Å². The number of ether oxygens (including phenoxy) is 1. The summed E-state index contributed by atoms with van der Waals surface area (Å²) in [6.07, 6.45) is 1.11. The number of hydrogen-bond donors (Lipinski definition) is 1. The molecular formula is C12H18ClNO. The average Bonchev–Trinajstić information content (AvgIpc) is 2.26. The van der Waals surface area contributed by atoms with Crippen molar-refractivity contribution in [2.24, 2.45) is 0 Å². The molecule has 0 aliphatic rings. The van der Waals surface area contributed by atoms with Gasteiger partial charge in [-0.1, -0.05) is 18.5 Å². The van der Waals surface area contributed by atoms with Crippen LogP contribution in [0.15, 0.2) is 18.2 Å². The van der Waals surface area contributed by atoms with Crippen molar-refractivity contribution in [3.05, 3.63) is 28.8 Å². The number of benzene rings is 1. The third-order valence-electron chi connectivity index (χ3n) is 2.50.